The molecule has 0 unspecified atom stereocenters. The molecule has 2 amide bonds. The van der Waals surface area contributed by atoms with Crippen molar-refractivity contribution in [3.05, 3.63) is 59.2 Å². The summed E-state index contributed by atoms with van der Waals surface area (Å²) in [6.07, 6.45) is 0.138. The molecule has 2 fully saturated rings. The maximum atomic E-state index is 14.3. The second-order valence-electron chi connectivity index (χ2n) is 9.55. The third-order valence-corrected chi connectivity index (χ3v) is 7.96. The minimum absolute atomic E-state index is 0.0152. The lowest BCUT2D eigenvalue weighted by atomic mass is 9.92. The van der Waals surface area contributed by atoms with Crippen LogP contribution in [0.4, 0.5) is 17.6 Å². The van der Waals surface area contributed by atoms with Gasteiger partial charge in [0.05, 0.1) is 28.0 Å². The molecular formula is C25H21F4N3O4S. The number of nitrogens with zero attached hydrogens (tertiary/aromatic N) is 2. The molecule has 0 bridgehead atoms. The molecule has 3 aliphatic rings. The number of hydrogen-bond acceptors (Lipinski definition) is 5. The number of sulfone groups is 1. The van der Waals surface area contributed by atoms with E-state index >= 15 is 0 Å². The van der Waals surface area contributed by atoms with Crippen LogP contribution in [0.2, 0.25) is 0 Å². The highest BCUT2D eigenvalue weighted by Gasteiger charge is 2.50. The average Bonchev–Trinajstić information content (AvgIpc) is 3.60. The van der Waals surface area contributed by atoms with Crippen LogP contribution < -0.4 is 5.32 Å². The second-order valence-corrected chi connectivity index (χ2v) is 11.6. The number of alkyl halides is 3. The van der Waals surface area contributed by atoms with E-state index in [0.717, 1.165) is 24.6 Å². The van der Waals surface area contributed by atoms with Gasteiger partial charge >= 0.3 is 6.18 Å². The van der Waals surface area contributed by atoms with Crippen LogP contribution >= 0.6 is 0 Å². The summed E-state index contributed by atoms with van der Waals surface area (Å²) >= 11 is 0. The standard InChI is InChI=1S/C25H21F4N3O4S/c1-37(35,36)17-8-16(11-30-12-17)24(34)32-20-7-5-14(20)10-21(32)23(33)31-22(13-2-3-13)15-4-6-18(19(26)9-15)25(27,28)29/h4,6,8-9,11-14,20-22H,2-3,10H2,1H3,(H,31,33)/t14-,20-,21-,22-/m1/s1. The van der Waals surface area contributed by atoms with Crippen molar-refractivity contribution >= 4 is 21.7 Å². The molecule has 2 aliphatic carbocycles. The minimum atomic E-state index is -4.84. The number of aromatic nitrogens is 1. The van der Waals surface area contributed by atoms with Crippen molar-refractivity contribution in [2.24, 2.45) is 11.8 Å². The topological polar surface area (TPSA) is 96.4 Å². The van der Waals surface area contributed by atoms with Gasteiger partial charge < -0.3 is 10.2 Å². The molecule has 2 aromatic rings. The van der Waals surface area contributed by atoms with E-state index in [1.54, 1.807) is 0 Å². The molecule has 2 heterocycles. The second kappa shape index (κ2) is 8.83. The third-order valence-electron chi connectivity index (χ3n) is 6.88. The molecule has 1 saturated carbocycles. The van der Waals surface area contributed by atoms with Gasteiger partial charge in [-0.1, -0.05) is 17.9 Å². The van der Waals surface area contributed by atoms with Crippen LogP contribution in [0.25, 0.3) is 0 Å². The van der Waals surface area contributed by atoms with Gasteiger partial charge in [-0.25, -0.2) is 12.8 Å². The zero-order chi connectivity index (χ0) is 26.7. The maximum absolute atomic E-state index is 14.3. The molecule has 12 heteroatoms. The monoisotopic (exact) mass is 535 g/mol. The number of hydrogen-bond donors (Lipinski definition) is 1. The van der Waals surface area contributed by atoms with Gasteiger partial charge in [0.15, 0.2) is 9.84 Å². The Morgan fingerprint density at radius 1 is 1.16 bits per heavy atom. The molecule has 0 spiro atoms. The Kier molecular flexibility index (Phi) is 6.02. The predicted octanol–water partition coefficient (Wildman–Crippen LogP) is 3.13. The van der Waals surface area contributed by atoms with E-state index in [-0.39, 0.29) is 34.3 Å². The number of rotatable bonds is 6. The zero-order valence-electron chi connectivity index (χ0n) is 19.4. The Balaban J connectivity index is 1.40. The summed E-state index contributed by atoms with van der Waals surface area (Å²) in [6.45, 7) is 0. The van der Waals surface area contributed by atoms with Gasteiger partial charge in [-0.05, 0) is 48.9 Å². The summed E-state index contributed by atoms with van der Waals surface area (Å²) < 4.78 is 77.1. The normalized spacial score (nSPS) is 23.4. The van der Waals surface area contributed by atoms with Crippen LogP contribution in [0.1, 0.15) is 46.8 Å². The number of pyridine rings is 1. The Bertz CT molecular complexity index is 1460. The third kappa shape index (κ3) is 4.80. The number of benzene rings is 1. The molecule has 4 atom stereocenters. The first-order chi connectivity index (χ1) is 17.3. The van der Waals surface area contributed by atoms with Gasteiger partial charge in [-0.2, -0.15) is 13.2 Å². The Morgan fingerprint density at radius 2 is 1.89 bits per heavy atom. The van der Waals surface area contributed by atoms with E-state index in [1.807, 2.05) is 0 Å². The average molecular weight is 536 g/mol. The molecule has 194 valence electrons. The van der Waals surface area contributed by atoms with Crippen LogP contribution in [0.15, 0.2) is 41.6 Å². The molecular weight excluding hydrogens is 514 g/mol. The van der Waals surface area contributed by atoms with Gasteiger partial charge in [0.2, 0.25) is 5.91 Å². The maximum Gasteiger partial charge on any atom is 0.419 e. The van der Waals surface area contributed by atoms with Crippen LogP contribution in [0.5, 0.6) is 0 Å². The number of halogens is 4. The van der Waals surface area contributed by atoms with Crippen LogP contribution in [-0.2, 0) is 20.8 Å². The van der Waals surface area contributed by atoms with Gasteiger partial charge in [-0.3, -0.25) is 14.6 Å². The SMILES string of the molecule is CS(=O)(=O)c1cncc(C(=O)N2[C@@H](C(=O)N[C@@H](c3ccc(C(F)(F)F)c(F)c3)C3CC3)C[C@H]3C#C[C@H]32)c1. The number of nitrogens with one attached hydrogen (secondary N) is 1. The van der Waals surface area contributed by atoms with E-state index in [0.29, 0.717) is 18.9 Å². The smallest absolute Gasteiger partial charge is 0.347 e. The minimum Gasteiger partial charge on any atom is -0.347 e. The lowest BCUT2D eigenvalue weighted by Crippen LogP contribution is -2.50. The van der Waals surface area contributed by atoms with E-state index in [9.17, 15) is 35.6 Å². The zero-order valence-corrected chi connectivity index (χ0v) is 20.2. The molecule has 1 N–H and O–H groups in total. The van der Waals surface area contributed by atoms with E-state index in [4.69, 9.17) is 0 Å². The van der Waals surface area contributed by atoms with E-state index < -0.39 is 57.3 Å². The highest BCUT2D eigenvalue weighted by molar-refractivity contribution is 7.90. The molecule has 0 radical (unpaired) electrons. The summed E-state index contributed by atoms with van der Waals surface area (Å²) in [4.78, 5) is 31.8. The van der Waals surface area contributed by atoms with Crippen molar-refractivity contribution < 1.29 is 35.6 Å². The van der Waals surface area contributed by atoms with Crippen molar-refractivity contribution in [2.75, 3.05) is 6.26 Å². The highest BCUT2D eigenvalue weighted by atomic mass is 32.2. The number of likely N-dealkylation sites (tertiary alicyclic amines) is 1. The van der Waals surface area contributed by atoms with Crippen molar-refractivity contribution in [1.82, 2.24) is 15.2 Å². The van der Waals surface area contributed by atoms with Gasteiger partial charge in [0.1, 0.15) is 17.9 Å². The van der Waals surface area contributed by atoms with Crippen LogP contribution in [0.3, 0.4) is 0 Å². The highest BCUT2D eigenvalue weighted by Crippen LogP contribution is 2.43. The van der Waals surface area contributed by atoms with Gasteiger partial charge in [0.25, 0.3) is 5.91 Å². The van der Waals surface area contributed by atoms with Crippen molar-refractivity contribution in [3.63, 3.8) is 0 Å². The molecule has 1 aromatic heterocycles. The number of carbonyl (C=O) groups excluding carboxylic acids is 2. The van der Waals surface area contributed by atoms with E-state index in [1.165, 1.54) is 17.2 Å². The Hall–Kier alpha value is -3.46. The lowest BCUT2D eigenvalue weighted by Gasteiger charge is -2.30. The molecule has 37 heavy (non-hydrogen) atoms. The fourth-order valence-corrected chi connectivity index (χ4v) is 5.36. The number of amides is 2. The quantitative estimate of drug-likeness (QED) is 0.453. The predicted molar refractivity (Wildman–Crippen MR) is 122 cm³/mol. The van der Waals surface area contributed by atoms with E-state index in [2.05, 4.69) is 22.1 Å². The summed E-state index contributed by atoms with van der Waals surface area (Å²) in [5.41, 5.74) is -1.19. The lowest BCUT2D eigenvalue weighted by molar-refractivity contribution is -0.140. The first-order valence-corrected chi connectivity index (χ1v) is 13.4. The largest absolute Gasteiger partial charge is 0.419 e. The Labute approximate surface area is 210 Å². The molecule has 5 rings (SSSR count). The summed E-state index contributed by atoms with van der Waals surface area (Å²) in [7, 11) is -3.63. The molecule has 1 aromatic carbocycles. The van der Waals surface area contributed by atoms with Crippen molar-refractivity contribution in [3.8, 4) is 11.8 Å². The first-order valence-electron chi connectivity index (χ1n) is 11.5. The number of fused-ring (bicyclic) bond motifs is 1. The van der Waals surface area contributed by atoms with Gasteiger partial charge in [-0.15, -0.1) is 0 Å². The van der Waals surface area contributed by atoms with Gasteiger partial charge in [0, 0.05) is 18.6 Å². The van der Waals surface area contributed by atoms with Crippen LogP contribution in [-0.4, -0.2) is 48.5 Å². The summed E-state index contributed by atoms with van der Waals surface area (Å²) in [5, 5.41) is 2.82. The number of carbonyl (C=O) groups is 2. The van der Waals surface area contributed by atoms with Crippen molar-refractivity contribution in [1.29, 1.82) is 0 Å². The Morgan fingerprint density at radius 3 is 2.46 bits per heavy atom. The first kappa shape index (κ1) is 25.2. The van der Waals surface area contributed by atoms with Crippen molar-refractivity contribution in [2.45, 2.75) is 48.5 Å². The summed E-state index contributed by atoms with van der Waals surface area (Å²) in [6, 6.07) is 1.57. The van der Waals surface area contributed by atoms with Crippen LogP contribution in [0, 0.1) is 29.5 Å². The fourth-order valence-electron chi connectivity index (χ4n) is 4.77. The molecule has 1 aliphatic heterocycles. The fraction of sp³-hybridized carbons (Fsp3) is 0.400. The summed E-state index contributed by atoms with van der Waals surface area (Å²) in [5.74, 6) is 2.89. The molecule has 7 nitrogen and oxygen atoms in total. The molecule has 1 saturated heterocycles.